The van der Waals surface area contributed by atoms with Gasteiger partial charge in [0.2, 0.25) is 0 Å². The van der Waals surface area contributed by atoms with Crippen molar-refractivity contribution in [2.75, 3.05) is 11.1 Å². The molecule has 2 aromatic heterocycles. The van der Waals surface area contributed by atoms with Crippen LogP contribution >= 0.6 is 0 Å². The molecule has 19 heavy (non-hydrogen) atoms. The number of carbonyl (C=O) groups excluding carboxylic acids is 1. The molecule has 3 rings (SSSR count). The van der Waals surface area contributed by atoms with Crippen LogP contribution in [0.1, 0.15) is 29.4 Å². The molecule has 2 aromatic rings. The Labute approximate surface area is 108 Å². The van der Waals surface area contributed by atoms with Gasteiger partial charge in [-0.15, -0.1) is 0 Å². The fourth-order valence-electron chi connectivity index (χ4n) is 1.93. The molecule has 0 saturated heterocycles. The SMILES string of the molecule is Nc1cc(C(=O)Nc2ccc(=O)[nH]n2)n(C2CC2)c1. The molecule has 0 aromatic carbocycles. The van der Waals surface area contributed by atoms with Gasteiger partial charge in [-0.3, -0.25) is 9.59 Å². The smallest absolute Gasteiger partial charge is 0.273 e. The summed E-state index contributed by atoms with van der Waals surface area (Å²) in [4.78, 5) is 23.0. The molecule has 7 heteroatoms. The Bertz CT molecular complexity index is 663. The van der Waals surface area contributed by atoms with Gasteiger partial charge >= 0.3 is 0 Å². The van der Waals surface area contributed by atoms with Crippen LogP contribution in [0.2, 0.25) is 0 Å². The monoisotopic (exact) mass is 259 g/mol. The first-order chi connectivity index (χ1) is 9.13. The number of carbonyl (C=O) groups is 1. The zero-order valence-corrected chi connectivity index (χ0v) is 10.1. The number of amides is 1. The largest absolute Gasteiger partial charge is 0.397 e. The Kier molecular flexibility index (Phi) is 2.59. The van der Waals surface area contributed by atoms with E-state index in [4.69, 9.17) is 5.73 Å². The van der Waals surface area contributed by atoms with Crippen molar-refractivity contribution in [3.05, 3.63) is 40.4 Å². The van der Waals surface area contributed by atoms with Crippen molar-refractivity contribution in [1.29, 1.82) is 0 Å². The van der Waals surface area contributed by atoms with Gasteiger partial charge in [-0.1, -0.05) is 0 Å². The van der Waals surface area contributed by atoms with E-state index in [1.54, 1.807) is 12.3 Å². The highest BCUT2D eigenvalue weighted by molar-refractivity contribution is 6.03. The van der Waals surface area contributed by atoms with Crippen LogP contribution in [0, 0.1) is 0 Å². The van der Waals surface area contributed by atoms with Crippen molar-refractivity contribution in [2.24, 2.45) is 0 Å². The molecule has 1 aliphatic carbocycles. The van der Waals surface area contributed by atoms with Gasteiger partial charge in [0.1, 0.15) is 5.69 Å². The molecular formula is C12H13N5O2. The van der Waals surface area contributed by atoms with Crippen LogP contribution in [0.4, 0.5) is 11.5 Å². The van der Waals surface area contributed by atoms with E-state index in [2.05, 4.69) is 15.5 Å². The Morgan fingerprint density at radius 1 is 1.47 bits per heavy atom. The summed E-state index contributed by atoms with van der Waals surface area (Å²) in [6.45, 7) is 0. The van der Waals surface area contributed by atoms with Crippen LogP contribution in [0.25, 0.3) is 0 Å². The summed E-state index contributed by atoms with van der Waals surface area (Å²) in [6.07, 6.45) is 3.89. The van der Waals surface area contributed by atoms with Crippen LogP contribution in [0.15, 0.2) is 29.2 Å². The van der Waals surface area contributed by atoms with Crippen molar-refractivity contribution in [3.63, 3.8) is 0 Å². The number of hydrogen-bond donors (Lipinski definition) is 3. The number of nitrogens with two attached hydrogens (primary N) is 1. The topological polar surface area (TPSA) is 106 Å². The van der Waals surface area contributed by atoms with Crippen LogP contribution in [-0.4, -0.2) is 20.7 Å². The van der Waals surface area contributed by atoms with Crippen molar-refractivity contribution >= 4 is 17.4 Å². The summed E-state index contributed by atoms with van der Waals surface area (Å²) in [5, 5.41) is 8.62. The summed E-state index contributed by atoms with van der Waals surface area (Å²) in [5.74, 6) is 0.00914. The van der Waals surface area contributed by atoms with Crippen molar-refractivity contribution < 1.29 is 4.79 Å². The van der Waals surface area contributed by atoms with Crippen LogP contribution in [0.3, 0.4) is 0 Å². The Morgan fingerprint density at radius 2 is 2.26 bits per heavy atom. The lowest BCUT2D eigenvalue weighted by Gasteiger charge is -2.07. The minimum absolute atomic E-state index is 0.289. The van der Waals surface area contributed by atoms with Crippen molar-refractivity contribution in [1.82, 2.24) is 14.8 Å². The second-order valence-corrected chi connectivity index (χ2v) is 4.56. The molecule has 1 fully saturated rings. The molecule has 0 aliphatic heterocycles. The minimum atomic E-state index is -0.316. The fraction of sp³-hybridized carbons (Fsp3) is 0.250. The van der Waals surface area contributed by atoms with Crippen LogP contribution in [0.5, 0.6) is 0 Å². The molecule has 1 aliphatic rings. The second kappa shape index (κ2) is 4.27. The standard InChI is InChI=1S/C12H13N5O2/c13-7-5-9(17(6-7)8-1-2-8)12(19)14-10-3-4-11(18)16-15-10/h3-6,8H,1-2,13H2,(H,16,18)(H,14,15,19). The first-order valence-corrected chi connectivity index (χ1v) is 5.98. The first-order valence-electron chi connectivity index (χ1n) is 5.98. The van der Waals surface area contributed by atoms with E-state index in [0.29, 0.717) is 23.2 Å². The van der Waals surface area contributed by atoms with Gasteiger partial charge in [-0.25, -0.2) is 5.10 Å². The van der Waals surface area contributed by atoms with E-state index < -0.39 is 0 Å². The lowest BCUT2D eigenvalue weighted by atomic mass is 10.3. The molecule has 7 nitrogen and oxygen atoms in total. The maximum Gasteiger partial charge on any atom is 0.273 e. The maximum atomic E-state index is 12.1. The normalized spacial score (nSPS) is 14.3. The number of nitrogens with one attached hydrogen (secondary N) is 2. The molecule has 0 spiro atoms. The molecule has 2 heterocycles. The quantitative estimate of drug-likeness (QED) is 0.755. The van der Waals surface area contributed by atoms with Gasteiger partial charge in [0, 0.05) is 18.3 Å². The van der Waals surface area contributed by atoms with Gasteiger partial charge in [-0.05, 0) is 25.0 Å². The average molecular weight is 259 g/mol. The molecule has 98 valence electrons. The molecule has 0 unspecified atom stereocenters. The summed E-state index contributed by atoms with van der Waals surface area (Å²) in [6, 6.07) is 4.75. The Balaban J connectivity index is 1.83. The predicted octanol–water partition coefficient (Wildman–Crippen LogP) is 0.741. The Morgan fingerprint density at radius 3 is 2.89 bits per heavy atom. The number of rotatable bonds is 3. The second-order valence-electron chi connectivity index (χ2n) is 4.56. The highest BCUT2D eigenvalue weighted by Gasteiger charge is 2.27. The van der Waals surface area contributed by atoms with E-state index in [9.17, 15) is 9.59 Å². The van der Waals surface area contributed by atoms with E-state index in [0.717, 1.165) is 12.8 Å². The van der Waals surface area contributed by atoms with Gasteiger partial charge in [0.15, 0.2) is 5.82 Å². The average Bonchev–Trinajstić information content (AvgIpc) is 3.15. The van der Waals surface area contributed by atoms with Crippen molar-refractivity contribution in [3.8, 4) is 0 Å². The number of aromatic nitrogens is 3. The fourth-order valence-corrected chi connectivity index (χ4v) is 1.93. The third-order valence-electron chi connectivity index (χ3n) is 2.96. The van der Waals surface area contributed by atoms with Crippen molar-refractivity contribution in [2.45, 2.75) is 18.9 Å². The molecular weight excluding hydrogens is 246 g/mol. The molecule has 1 amide bonds. The number of nitrogen functional groups attached to an aromatic ring is 1. The Hall–Kier alpha value is -2.57. The zero-order valence-electron chi connectivity index (χ0n) is 10.1. The molecule has 0 atom stereocenters. The molecule has 1 saturated carbocycles. The third kappa shape index (κ3) is 2.35. The van der Waals surface area contributed by atoms with E-state index in [1.165, 1.54) is 12.1 Å². The first kappa shape index (κ1) is 11.5. The molecule has 0 bridgehead atoms. The van der Waals surface area contributed by atoms with Gasteiger partial charge in [-0.2, -0.15) is 5.10 Å². The van der Waals surface area contributed by atoms with Gasteiger partial charge in [0.25, 0.3) is 11.5 Å². The number of hydrogen-bond acceptors (Lipinski definition) is 4. The van der Waals surface area contributed by atoms with Crippen LogP contribution in [-0.2, 0) is 0 Å². The van der Waals surface area contributed by atoms with Gasteiger partial charge < -0.3 is 15.6 Å². The summed E-state index contributed by atoms with van der Waals surface area (Å²) in [5.41, 5.74) is 6.48. The maximum absolute atomic E-state index is 12.1. The van der Waals surface area contributed by atoms with E-state index >= 15 is 0 Å². The lowest BCUT2D eigenvalue weighted by Crippen LogP contribution is -2.18. The summed E-state index contributed by atoms with van der Waals surface area (Å²) >= 11 is 0. The lowest BCUT2D eigenvalue weighted by molar-refractivity contribution is 0.101. The van der Waals surface area contributed by atoms with E-state index in [1.807, 2.05) is 4.57 Å². The predicted molar refractivity (Wildman–Crippen MR) is 69.9 cm³/mol. The van der Waals surface area contributed by atoms with Crippen LogP contribution < -0.4 is 16.6 Å². The molecule has 0 radical (unpaired) electrons. The minimum Gasteiger partial charge on any atom is -0.397 e. The van der Waals surface area contributed by atoms with Gasteiger partial charge in [0.05, 0.1) is 5.69 Å². The highest BCUT2D eigenvalue weighted by Crippen LogP contribution is 2.37. The number of H-pyrrole nitrogens is 1. The molecule has 4 N–H and O–H groups in total. The third-order valence-corrected chi connectivity index (χ3v) is 2.96. The number of anilines is 2. The number of aromatic amines is 1. The highest BCUT2D eigenvalue weighted by atomic mass is 16.2. The number of nitrogens with zero attached hydrogens (tertiary/aromatic N) is 2. The van der Waals surface area contributed by atoms with E-state index in [-0.39, 0.29) is 11.5 Å². The summed E-state index contributed by atoms with van der Waals surface area (Å²) in [7, 11) is 0. The zero-order chi connectivity index (χ0) is 13.4. The summed E-state index contributed by atoms with van der Waals surface area (Å²) < 4.78 is 1.89.